The molecule has 0 aliphatic heterocycles. The fourth-order valence-corrected chi connectivity index (χ4v) is 7.64. The Bertz CT molecular complexity index is 870. The van der Waals surface area contributed by atoms with Gasteiger partial charge in [-0.2, -0.15) is 0 Å². The highest BCUT2D eigenvalue weighted by Gasteiger charge is 2.19. The molecule has 0 N–H and O–H groups in total. The molecule has 0 saturated heterocycles. The SMILES string of the molecule is CCCCCCCCCCCCCCCCCC(=O)O[C@@H](COC(=O)CCCCCCCCCCCCCCC(C)C)COC(=O)CCCCCCCCC(C)C. The molecule has 0 rings (SSSR count). The molecule has 6 heteroatoms. The lowest BCUT2D eigenvalue weighted by Crippen LogP contribution is -2.30. The molecule has 1 atom stereocenters. The lowest BCUT2D eigenvalue weighted by Gasteiger charge is -2.18. The maximum Gasteiger partial charge on any atom is 0.306 e. The van der Waals surface area contributed by atoms with Gasteiger partial charge in [0.15, 0.2) is 6.10 Å². The van der Waals surface area contributed by atoms with Crippen LogP contribution >= 0.6 is 0 Å². The lowest BCUT2D eigenvalue weighted by molar-refractivity contribution is -0.167. The summed E-state index contributed by atoms with van der Waals surface area (Å²) in [5.41, 5.74) is 0. The molecule has 0 aromatic heterocycles. The van der Waals surface area contributed by atoms with Gasteiger partial charge in [0.2, 0.25) is 0 Å². The van der Waals surface area contributed by atoms with Crippen LogP contribution in [0.3, 0.4) is 0 Å². The zero-order chi connectivity index (χ0) is 41.9. The fraction of sp³-hybridized carbons (Fsp3) is 0.941. The van der Waals surface area contributed by atoms with Crippen LogP contribution in [0.5, 0.6) is 0 Å². The molecule has 57 heavy (non-hydrogen) atoms. The van der Waals surface area contributed by atoms with Crippen molar-refractivity contribution < 1.29 is 28.6 Å². The molecule has 0 aromatic carbocycles. The Morgan fingerprint density at radius 2 is 0.579 bits per heavy atom. The summed E-state index contributed by atoms with van der Waals surface area (Å²) in [6.07, 6.45) is 43.9. The average molecular weight is 807 g/mol. The zero-order valence-electron chi connectivity index (χ0n) is 39.0. The molecule has 0 spiro atoms. The minimum atomic E-state index is -0.761. The Balaban J connectivity index is 4.28. The molecular weight excluding hydrogens is 709 g/mol. The van der Waals surface area contributed by atoms with E-state index >= 15 is 0 Å². The van der Waals surface area contributed by atoms with Crippen molar-refractivity contribution >= 4 is 17.9 Å². The van der Waals surface area contributed by atoms with Crippen LogP contribution < -0.4 is 0 Å². The molecule has 0 fully saturated rings. The predicted molar refractivity (Wildman–Crippen MR) is 243 cm³/mol. The summed E-state index contributed by atoms with van der Waals surface area (Å²) >= 11 is 0. The van der Waals surface area contributed by atoms with Gasteiger partial charge in [-0.05, 0) is 31.1 Å². The van der Waals surface area contributed by atoms with E-state index in [4.69, 9.17) is 14.2 Å². The van der Waals surface area contributed by atoms with Crippen molar-refractivity contribution in [3.05, 3.63) is 0 Å². The Hall–Kier alpha value is -1.59. The second-order valence-corrected chi connectivity index (χ2v) is 18.4. The number of esters is 3. The summed E-state index contributed by atoms with van der Waals surface area (Å²) in [5.74, 6) is 0.743. The highest BCUT2D eigenvalue weighted by atomic mass is 16.6. The number of rotatable bonds is 45. The number of unbranched alkanes of at least 4 members (excludes halogenated alkanes) is 30. The third kappa shape index (κ3) is 45.3. The molecule has 0 aliphatic rings. The molecule has 0 unspecified atom stereocenters. The standard InChI is InChI=1S/C51H98O6/c1-6-7-8-9-10-11-12-13-14-15-20-23-26-33-38-43-51(54)57-48(45-56-50(53)42-37-32-28-27-30-35-40-47(4)5)44-55-49(52)41-36-31-25-22-19-17-16-18-21-24-29-34-39-46(2)3/h46-48H,6-45H2,1-5H3/t48-/m0/s1. The van der Waals surface area contributed by atoms with Crippen molar-refractivity contribution in [3.63, 3.8) is 0 Å². The van der Waals surface area contributed by atoms with Crippen LogP contribution in [0.2, 0.25) is 0 Å². The Morgan fingerprint density at radius 1 is 0.333 bits per heavy atom. The van der Waals surface area contributed by atoms with Crippen molar-refractivity contribution in [2.75, 3.05) is 13.2 Å². The lowest BCUT2D eigenvalue weighted by atomic mass is 10.0. The minimum Gasteiger partial charge on any atom is -0.462 e. The molecule has 0 aromatic rings. The van der Waals surface area contributed by atoms with E-state index in [1.807, 2.05) is 0 Å². The molecule has 0 aliphatic carbocycles. The van der Waals surface area contributed by atoms with Gasteiger partial charge in [0, 0.05) is 19.3 Å². The summed E-state index contributed by atoms with van der Waals surface area (Å²) < 4.78 is 16.8. The average Bonchev–Trinajstić information content (AvgIpc) is 3.18. The van der Waals surface area contributed by atoms with Crippen LogP contribution in [0, 0.1) is 11.8 Å². The second-order valence-electron chi connectivity index (χ2n) is 18.4. The molecule has 0 radical (unpaired) electrons. The predicted octanol–water partition coefficient (Wildman–Crippen LogP) is 16.1. The Labute approximate surface area is 355 Å². The Kier molecular flexibility index (Phi) is 42.7. The van der Waals surface area contributed by atoms with Gasteiger partial charge in [0.05, 0.1) is 0 Å². The first-order chi connectivity index (χ1) is 27.7. The van der Waals surface area contributed by atoms with E-state index in [0.717, 1.165) is 69.6 Å². The number of carbonyl (C=O) groups excluding carboxylic acids is 3. The van der Waals surface area contributed by atoms with Crippen LogP contribution in [0.4, 0.5) is 0 Å². The maximum atomic E-state index is 12.8. The molecular formula is C51H98O6. The highest BCUT2D eigenvalue weighted by Crippen LogP contribution is 2.17. The summed E-state index contributed by atoms with van der Waals surface area (Å²) in [6, 6.07) is 0. The normalized spacial score (nSPS) is 12.1. The second kappa shape index (κ2) is 44.0. The van der Waals surface area contributed by atoms with Gasteiger partial charge in [-0.3, -0.25) is 14.4 Å². The first-order valence-electron chi connectivity index (χ1n) is 25.2. The van der Waals surface area contributed by atoms with E-state index in [9.17, 15) is 14.4 Å². The maximum absolute atomic E-state index is 12.8. The summed E-state index contributed by atoms with van der Waals surface area (Å²) in [6.45, 7) is 11.3. The quantitative estimate of drug-likeness (QED) is 0.0346. The first-order valence-corrected chi connectivity index (χ1v) is 25.2. The van der Waals surface area contributed by atoms with Crippen LogP contribution in [-0.2, 0) is 28.6 Å². The smallest absolute Gasteiger partial charge is 0.306 e. The van der Waals surface area contributed by atoms with Crippen molar-refractivity contribution in [1.82, 2.24) is 0 Å². The number of carbonyl (C=O) groups is 3. The zero-order valence-corrected chi connectivity index (χ0v) is 39.0. The monoisotopic (exact) mass is 807 g/mol. The van der Waals surface area contributed by atoms with Crippen LogP contribution in [-0.4, -0.2) is 37.2 Å². The van der Waals surface area contributed by atoms with E-state index < -0.39 is 6.10 Å². The minimum absolute atomic E-state index is 0.0647. The van der Waals surface area contributed by atoms with Gasteiger partial charge in [-0.15, -0.1) is 0 Å². The van der Waals surface area contributed by atoms with E-state index in [-0.39, 0.29) is 31.1 Å². The first kappa shape index (κ1) is 55.4. The third-order valence-electron chi connectivity index (χ3n) is 11.5. The van der Waals surface area contributed by atoms with Gasteiger partial charge in [0.25, 0.3) is 0 Å². The molecule has 338 valence electrons. The molecule has 0 bridgehead atoms. The number of hydrogen-bond acceptors (Lipinski definition) is 6. The van der Waals surface area contributed by atoms with E-state index in [0.29, 0.717) is 19.3 Å². The van der Waals surface area contributed by atoms with Crippen molar-refractivity contribution in [3.8, 4) is 0 Å². The molecule has 0 saturated carbocycles. The van der Waals surface area contributed by atoms with Crippen molar-refractivity contribution in [2.24, 2.45) is 11.8 Å². The number of hydrogen-bond donors (Lipinski definition) is 0. The van der Waals surface area contributed by atoms with Gasteiger partial charge in [0.1, 0.15) is 13.2 Å². The highest BCUT2D eigenvalue weighted by molar-refractivity contribution is 5.71. The summed E-state index contributed by atoms with van der Waals surface area (Å²) in [7, 11) is 0. The number of ether oxygens (including phenoxy) is 3. The van der Waals surface area contributed by atoms with E-state index in [1.54, 1.807) is 0 Å². The van der Waals surface area contributed by atoms with Gasteiger partial charge in [-0.1, -0.05) is 240 Å². The fourth-order valence-electron chi connectivity index (χ4n) is 7.64. The molecule has 0 amide bonds. The summed E-state index contributed by atoms with van der Waals surface area (Å²) in [5, 5.41) is 0. The van der Waals surface area contributed by atoms with Gasteiger partial charge >= 0.3 is 17.9 Å². The summed E-state index contributed by atoms with van der Waals surface area (Å²) in [4.78, 5) is 37.8. The topological polar surface area (TPSA) is 78.9 Å². The largest absolute Gasteiger partial charge is 0.462 e. The Morgan fingerprint density at radius 3 is 0.860 bits per heavy atom. The third-order valence-corrected chi connectivity index (χ3v) is 11.5. The van der Waals surface area contributed by atoms with E-state index in [1.165, 1.54) is 167 Å². The van der Waals surface area contributed by atoms with Crippen molar-refractivity contribution in [1.29, 1.82) is 0 Å². The van der Waals surface area contributed by atoms with E-state index in [2.05, 4.69) is 34.6 Å². The van der Waals surface area contributed by atoms with Crippen LogP contribution in [0.15, 0.2) is 0 Å². The van der Waals surface area contributed by atoms with Crippen LogP contribution in [0.1, 0.15) is 279 Å². The van der Waals surface area contributed by atoms with Crippen molar-refractivity contribution in [2.45, 2.75) is 285 Å². The molecule has 6 nitrogen and oxygen atoms in total. The van der Waals surface area contributed by atoms with Gasteiger partial charge in [-0.25, -0.2) is 0 Å². The van der Waals surface area contributed by atoms with Crippen LogP contribution in [0.25, 0.3) is 0 Å². The van der Waals surface area contributed by atoms with Gasteiger partial charge < -0.3 is 14.2 Å². The molecule has 0 heterocycles.